The predicted octanol–water partition coefficient (Wildman–Crippen LogP) is 2.58. The van der Waals surface area contributed by atoms with E-state index in [-0.39, 0.29) is 23.6 Å². The number of hydrogen-bond acceptors (Lipinski definition) is 3. The number of phenolic OH excluding ortho intramolecular Hbond substituents is 1. The van der Waals surface area contributed by atoms with Crippen LogP contribution in [0.5, 0.6) is 5.75 Å². The van der Waals surface area contributed by atoms with E-state index < -0.39 is 5.97 Å². The molecule has 3 N–H and O–H groups in total. The van der Waals surface area contributed by atoms with Crippen LogP contribution in [0.15, 0.2) is 42.5 Å². The lowest BCUT2D eigenvalue weighted by Gasteiger charge is -2.11. The molecule has 2 aromatic rings. The molecule has 0 atom stereocenters. The van der Waals surface area contributed by atoms with Gasteiger partial charge < -0.3 is 15.5 Å². The zero-order valence-corrected chi connectivity index (χ0v) is 11.5. The van der Waals surface area contributed by atoms with Crippen molar-refractivity contribution >= 4 is 17.6 Å². The number of aromatic hydroxyl groups is 1. The Bertz CT molecular complexity index is 694. The van der Waals surface area contributed by atoms with Crippen molar-refractivity contribution in [3.05, 3.63) is 59.2 Å². The van der Waals surface area contributed by atoms with Crippen molar-refractivity contribution in [2.75, 3.05) is 5.32 Å². The molecule has 0 bridgehead atoms. The van der Waals surface area contributed by atoms with Gasteiger partial charge in [-0.1, -0.05) is 24.3 Å². The molecule has 1 amide bonds. The molecule has 0 aliphatic heterocycles. The summed E-state index contributed by atoms with van der Waals surface area (Å²) in [5.41, 5.74) is 1.61. The van der Waals surface area contributed by atoms with Crippen LogP contribution in [0, 0.1) is 6.92 Å². The summed E-state index contributed by atoms with van der Waals surface area (Å²) >= 11 is 0. The molecular formula is C16H15NO4. The molecule has 0 spiro atoms. The van der Waals surface area contributed by atoms with Crippen LogP contribution in [-0.2, 0) is 11.2 Å². The van der Waals surface area contributed by atoms with Gasteiger partial charge in [0.05, 0.1) is 12.0 Å². The molecular weight excluding hydrogens is 270 g/mol. The van der Waals surface area contributed by atoms with Gasteiger partial charge in [-0.05, 0) is 30.7 Å². The lowest BCUT2D eigenvalue weighted by Crippen LogP contribution is -2.16. The predicted molar refractivity (Wildman–Crippen MR) is 78.6 cm³/mol. The summed E-state index contributed by atoms with van der Waals surface area (Å²) in [6.45, 7) is 1.64. The van der Waals surface area contributed by atoms with Crippen molar-refractivity contribution in [2.24, 2.45) is 0 Å². The third-order valence-corrected chi connectivity index (χ3v) is 3.18. The van der Waals surface area contributed by atoms with Crippen LogP contribution < -0.4 is 5.32 Å². The van der Waals surface area contributed by atoms with Gasteiger partial charge in [-0.15, -0.1) is 0 Å². The van der Waals surface area contributed by atoms with Gasteiger partial charge in [-0.25, -0.2) is 4.79 Å². The Balaban J connectivity index is 2.15. The van der Waals surface area contributed by atoms with Crippen LogP contribution in [0.1, 0.15) is 21.5 Å². The summed E-state index contributed by atoms with van der Waals surface area (Å²) in [6.07, 6.45) is 0.0173. The summed E-state index contributed by atoms with van der Waals surface area (Å²) in [5.74, 6) is -1.30. The number of carbonyl (C=O) groups excluding carboxylic acids is 1. The fraction of sp³-hybridized carbons (Fsp3) is 0.125. The molecule has 0 aromatic heterocycles. The number of rotatable bonds is 4. The number of amides is 1. The number of para-hydroxylation sites is 1. The van der Waals surface area contributed by atoms with Crippen molar-refractivity contribution in [1.29, 1.82) is 0 Å². The molecule has 108 valence electrons. The highest BCUT2D eigenvalue weighted by Gasteiger charge is 2.13. The van der Waals surface area contributed by atoms with E-state index in [0.29, 0.717) is 16.8 Å². The summed E-state index contributed by atoms with van der Waals surface area (Å²) < 4.78 is 0. The second-order valence-electron chi connectivity index (χ2n) is 4.64. The summed E-state index contributed by atoms with van der Waals surface area (Å²) in [5, 5.41) is 21.4. The highest BCUT2D eigenvalue weighted by Crippen LogP contribution is 2.20. The topological polar surface area (TPSA) is 86.6 Å². The van der Waals surface area contributed by atoms with Crippen molar-refractivity contribution < 1.29 is 19.8 Å². The molecule has 5 nitrogen and oxygen atoms in total. The Kier molecular flexibility index (Phi) is 4.23. The highest BCUT2D eigenvalue weighted by atomic mass is 16.4. The molecule has 0 fully saturated rings. The van der Waals surface area contributed by atoms with E-state index in [9.17, 15) is 14.7 Å². The first-order chi connectivity index (χ1) is 9.99. The number of hydrogen-bond donors (Lipinski definition) is 3. The standard InChI is InChI=1S/C16H15NO4/c1-10-12(16(20)21)6-4-7-13(10)17-15(19)9-11-5-2-3-8-14(11)18/h2-8,18H,9H2,1H3,(H,17,19)(H,20,21). The summed E-state index contributed by atoms with van der Waals surface area (Å²) in [6, 6.07) is 11.3. The lowest BCUT2D eigenvalue weighted by molar-refractivity contribution is -0.115. The highest BCUT2D eigenvalue weighted by molar-refractivity contribution is 5.96. The first-order valence-corrected chi connectivity index (χ1v) is 6.38. The molecule has 2 rings (SSSR count). The third-order valence-electron chi connectivity index (χ3n) is 3.18. The fourth-order valence-corrected chi connectivity index (χ4v) is 2.03. The second kappa shape index (κ2) is 6.09. The summed E-state index contributed by atoms with van der Waals surface area (Å²) in [4.78, 5) is 23.0. The number of nitrogens with one attached hydrogen (secondary N) is 1. The van der Waals surface area contributed by atoms with E-state index in [4.69, 9.17) is 5.11 Å². The Labute approximate surface area is 121 Å². The molecule has 0 aliphatic rings. The molecule has 0 aliphatic carbocycles. The van der Waals surface area contributed by atoms with Gasteiger partial charge in [0.1, 0.15) is 5.75 Å². The molecule has 0 radical (unpaired) electrons. The average molecular weight is 285 g/mol. The van der Waals surface area contributed by atoms with Crippen LogP contribution in [0.25, 0.3) is 0 Å². The Morgan fingerprint density at radius 2 is 1.81 bits per heavy atom. The first kappa shape index (κ1) is 14.6. The van der Waals surface area contributed by atoms with Crippen LogP contribution in [-0.4, -0.2) is 22.1 Å². The smallest absolute Gasteiger partial charge is 0.336 e. The lowest BCUT2D eigenvalue weighted by atomic mass is 10.1. The molecule has 0 saturated carbocycles. The minimum Gasteiger partial charge on any atom is -0.508 e. The van der Waals surface area contributed by atoms with Gasteiger partial charge in [-0.2, -0.15) is 0 Å². The van der Waals surface area contributed by atoms with Gasteiger partial charge in [0.25, 0.3) is 0 Å². The van der Waals surface area contributed by atoms with Gasteiger partial charge in [0.15, 0.2) is 0 Å². The van der Waals surface area contributed by atoms with Crippen molar-refractivity contribution in [2.45, 2.75) is 13.3 Å². The number of carbonyl (C=O) groups is 2. The minimum absolute atomic E-state index is 0.0173. The monoisotopic (exact) mass is 285 g/mol. The quantitative estimate of drug-likeness (QED) is 0.805. The zero-order chi connectivity index (χ0) is 15.4. The van der Waals surface area contributed by atoms with Gasteiger partial charge in [0, 0.05) is 11.3 Å². The first-order valence-electron chi connectivity index (χ1n) is 6.38. The van der Waals surface area contributed by atoms with Crippen LogP contribution in [0.3, 0.4) is 0 Å². The molecule has 21 heavy (non-hydrogen) atoms. The molecule has 0 saturated heterocycles. The van der Waals surface area contributed by atoms with Gasteiger partial charge in [-0.3, -0.25) is 4.79 Å². The van der Waals surface area contributed by atoms with E-state index in [1.54, 1.807) is 37.3 Å². The van der Waals surface area contributed by atoms with Gasteiger partial charge >= 0.3 is 5.97 Å². The van der Waals surface area contributed by atoms with E-state index >= 15 is 0 Å². The van der Waals surface area contributed by atoms with E-state index in [0.717, 1.165) is 0 Å². The van der Waals surface area contributed by atoms with Gasteiger partial charge in [0.2, 0.25) is 5.91 Å². The maximum absolute atomic E-state index is 12.0. The number of carboxylic acid groups (broad SMARTS) is 1. The van der Waals surface area contributed by atoms with Crippen LogP contribution in [0.2, 0.25) is 0 Å². The van der Waals surface area contributed by atoms with E-state index in [2.05, 4.69) is 5.32 Å². The van der Waals surface area contributed by atoms with Crippen LogP contribution >= 0.6 is 0 Å². The normalized spacial score (nSPS) is 10.1. The van der Waals surface area contributed by atoms with Crippen molar-refractivity contribution in [3.63, 3.8) is 0 Å². The zero-order valence-electron chi connectivity index (χ0n) is 11.5. The molecule has 2 aromatic carbocycles. The van der Waals surface area contributed by atoms with Crippen LogP contribution in [0.4, 0.5) is 5.69 Å². The fourth-order valence-electron chi connectivity index (χ4n) is 2.03. The average Bonchev–Trinajstić information content (AvgIpc) is 2.43. The number of anilines is 1. The summed E-state index contributed by atoms with van der Waals surface area (Å²) in [7, 11) is 0. The number of benzene rings is 2. The Morgan fingerprint density at radius 1 is 1.10 bits per heavy atom. The maximum Gasteiger partial charge on any atom is 0.336 e. The Morgan fingerprint density at radius 3 is 2.48 bits per heavy atom. The van der Waals surface area contributed by atoms with Crippen molar-refractivity contribution in [1.82, 2.24) is 0 Å². The molecule has 5 heteroatoms. The van der Waals surface area contributed by atoms with E-state index in [1.165, 1.54) is 12.1 Å². The molecule has 0 unspecified atom stereocenters. The number of aromatic carboxylic acids is 1. The van der Waals surface area contributed by atoms with E-state index in [1.807, 2.05) is 0 Å². The third kappa shape index (κ3) is 3.39. The molecule has 0 heterocycles. The number of carboxylic acids is 1. The SMILES string of the molecule is Cc1c(NC(=O)Cc2ccccc2O)cccc1C(=O)O. The van der Waals surface area contributed by atoms with Crippen molar-refractivity contribution in [3.8, 4) is 5.75 Å². The minimum atomic E-state index is -1.04. The Hall–Kier alpha value is -2.82. The number of phenols is 1. The largest absolute Gasteiger partial charge is 0.508 e. The second-order valence-corrected chi connectivity index (χ2v) is 4.64. The maximum atomic E-state index is 12.0.